The second-order valence-electron chi connectivity index (χ2n) is 5.29. The molecule has 20 heavy (non-hydrogen) atoms. The molecule has 0 radical (unpaired) electrons. The molecule has 1 aromatic heterocycles. The van der Waals surface area contributed by atoms with Crippen molar-refractivity contribution in [2.24, 2.45) is 7.05 Å². The maximum Gasteiger partial charge on any atom is 0.0518 e. The van der Waals surface area contributed by atoms with Gasteiger partial charge in [-0.3, -0.25) is 0 Å². The Morgan fingerprint density at radius 1 is 1.15 bits per heavy atom. The number of allylic oxidation sites excluding steroid dienone is 3. The lowest BCUT2D eigenvalue weighted by Crippen LogP contribution is -1.88. The lowest BCUT2D eigenvalue weighted by Gasteiger charge is -2.02. The van der Waals surface area contributed by atoms with Crippen molar-refractivity contribution in [2.75, 3.05) is 0 Å². The highest BCUT2D eigenvalue weighted by Crippen LogP contribution is 2.32. The molecule has 0 spiro atoms. The van der Waals surface area contributed by atoms with Crippen LogP contribution in [0.4, 0.5) is 0 Å². The Hall–Kier alpha value is -2.28. The van der Waals surface area contributed by atoms with Crippen molar-refractivity contribution in [1.82, 2.24) is 4.57 Å². The van der Waals surface area contributed by atoms with E-state index in [9.17, 15) is 0 Å². The maximum absolute atomic E-state index is 4.13. The Morgan fingerprint density at radius 3 is 2.70 bits per heavy atom. The summed E-state index contributed by atoms with van der Waals surface area (Å²) in [4.78, 5) is 0. The van der Waals surface area contributed by atoms with Crippen molar-refractivity contribution in [2.45, 2.75) is 13.8 Å². The molecule has 0 fully saturated rings. The summed E-state index contributed by atoms with van der Waals surface area (Å²) < 4.78 is 2.28. The van der Waals surface area contributed by atoms with Gasteiger partial charge in [-0.1, -0.05) is 43.0 Å². The van der Waals surface area contributed by atoms with Gasteiger partial charge in [-0.05, 0) is 42.7 Å². The van der Waals surface area contributed by atoms with Crippen LogP contribution in [-0.4, -0.2) is 4.57 Å². The van der Waals surface area contributed by atoms with E-state index in [1.807, 2.05) is 13.0 Å². The quantitative estimate of drug-likeness (QED) is 0.557. The van der Waals surface area contributed by atoms with Crippen molar-refractivity contribution in [3.8, 4) is 0 Å². The van der Waals surface area contributed by atoms with E-state index in [0.717, 1.165) is 5.57 Å². The third kappa shape index (κ3) is 1.78. The van der Waals surface area contributed by atoms with Gasteiger partial charge in [-0.15, -0.1) is 0 Å². The van der Waals surface area contributed by atoms with Crippen LogP contribution in [0.25, 0.3) is 27.4 Å². The molecule has 1 heteroatoms. The molecular weight excluding hydrogens is 242 g/mol. The van der Waals surface area contributed by atoms with Gasteiger partial charge >= 0.3 is 0 Å². The summed E-state index contributed by atoms with van der Waals surface area (Å²) in [6.07, 6.45) is 4.08. The molecule has 0 saturated carbocycles. The fourth-order valence-corrected chi connectivity index (χ4v) is 2.98. The van der Waals surface area contributed by atoms with Crippen LogP contribution in [0.3, 0.4) is 0 Å². The van der Waals surface area contributed by atoms with Crippen LogP contribution < -0.4 is 0 Å². The van der Waals surface area contributed by atoms with Gasteiger partial charge in [-0.25, -0.2) is 0 Å². The van der Waals surface area contributed by atoms with Crippen LogP contribution in [0.1, 0.15) is 18.1 Å². The number of aromatic nitrogens is 1. The highest BCUT2D eigenvalue weighted by molar-refractivity contribution is 6.09. The summed E-state index contributed by atoms with van der Waals surface area (Å²) >= 11 is 0. The van der Waals surface area contributed by atoms with Crippen LogP contribution in [0.2, 0.25) is 0 Å². The zero-order chi connectivity index (χ0) is 14.3. The molecule has 2 aromatic carbocycles. The molecule has 0 unspecified atom stereocenters. The van der Waals surface area contributed by atoms with E-state index >= 15 is 0 Å². The van der Waals surface area contributed by atoms with Gasteiger partial charge in [0.15, 0.2) is 0 Å². The van der Waals surface area contributed by atoms with Crippen LogP contribution in [-0.2, 0) is 7.05 Å². The molecule has 0 aliphatic rings. The first-order valence-electron chi connectivity index (χ1n) is 6.93. The molecule has 3 aromatic rings. The normalized spacial score (nSPS) is 11.8. The number of para-hydroxylation sites is 1. The van der Waals surface area contributed by atoms with E-state index in [-0.39, 0.29) is 0 Å². The van der Waals surface area contributed by atoms with Gasteiger partial charge in [0.1, 0.15) is 0 Å². The summed E-state index contributed by atoms with van der Waals surface area (Å²) in [5.41, 5.74) is 6.14. The minimum atomic E-state index is 1.05. The third-order valence-electron chi connectivity index (χ3n) is 3.96. The van der Waals surface area contributed by atoms with Gasteiger partial charge in [0.2, 0.25) is 0 Å². The number of nitrogens with zero attached hydrogens (tertiary/aromatic N) is 1. The fourth-order valence-electron chi connectivity index (χ4n) is 2.98. The predicted octanol–water partition coefficient (Wildman–Crippen LogP) is 5.23. The molecule has 0 aliphatic heterocycles. The van der Waals surface area contributed by atoms with Crippen molar-refractivity contribution < 1.29 is 0 Å². The molecule has 1 heterocycles. The van der Waals surface area contributed by atoms with E-state index < -0.39 is 0 Å². The second-order valence-corrected chi connectivity index (χ2v) is 5.29. The fraction of sp³-hybridized carbons (Fsp3) is 0.158. The average molecular weight is 261 g/mol. The van der Waals surface area contributed by atoms with Gasteiger partial charge in [0.25, 0.3) is 0 Å². The number of hydrogen-bond donors (Lipinski definition) is 0. The number of rotatable bonds is 2. The molecule has 0 N–H and O–H groups in total. The Kier molecular flexibility index (Phi) is 2.98. The van der Waals surface area contributed by atoms with E-state index in [2.05, 4.69) is 67.6 Å². The molecule has 1 nitrogen and oxygen atoms in total. The minimum absolute atomic E-state index is 1.05. The van der Waals surface area contributed by atoms with Crippen molar-refractivity contribution >= 4 is 27.4 Å². The molecule has 0 aliphatic carbocycles. The van der Waals surface area contributed by atoms with Crippen LogP contribution in [0.5, 0.6) is 0 Å². The van der Waals surface area contributed by atoms with E-state index in [1.165, 1.54) is 32.9 Å². The second kappa shape index (κ2) is 4.68. The lowest BCUT2D eigenvalue weighted by atomic mass is 10.0. The Bertz CT molecular complexity index is 847. The van der Waals surface area contributed by atoms with Gasteiger partial charge in [0.05, 0.1) is 5.52 Å². The van der Waals surface area contributed by atoms with Crippen LogP contribution in [0, 0.1) is 6.92 Å². The maximum atomic E-state index is 4.13. The third-order valence-corrected chi connectivity index (χ3v) is 3.96. The predicted molar refractivity (Wildman–Crippen MR) is 89.0 cm³/mol. The van der Waals surface area contributed by atoms with Crippen LogP contribution in [0.15, 0.2) is 55.1 Å². The Morgan fingerprint density at radius 2 is 1.95 bits per heavy atom. The van der Waals surface area contributed by atoms with Crippen molar-refractivity contribution in [3.05, 3.63) is 66.3 Å². The molecule has 0 bridgehead atoms. The summed E-state index contributed by atoms with van der Waals surface area (Å²) in [6, 6.07) is 13.1. The zero-order valence-corrected chi connectivity index (χ0v) is 12.3. The monoisotopic (exact) mass is 261 g/mol. The number of aryl methyl sites for hydroxylation is 2. The molecule has 0 amide bonds. The van der Waals surface area contributed by atoms with Crippen molar-refractivity contribution in [1.29, 1.82) is 0 Å². The number of hydrogen-bond acceptors (Lipinski definition) is 0. The molecule has 0 atom stereocenters. The summed E-state index contributed by atoms with van der Waals surface area (Å²) in [7, 11) is 2.14. The largest absolute Gasteiger partial charge is 0.343 e. The average Bonchev–Trinajstić information content (AvgIpc) is 2.73. The van der Waals surface area contributed by atoms with Gasteiger partial charge in [-0.2, -0.15) is 0 Å². The first-order chi connectivity index (χ1) is 9.63. The van der Waals surface area contributed by atoms with E-state index in [4.69, 9.17) is 0 Å². The number of benzene rings is 2. The lowest BCUT2D eigenvalue weighted by molar-refractivity contribution is 1.01. The highest BCUT2D eigenvalue weighted by Gasteiger charge is 2.10. The Labute approximate surface area is 119 Å². The Balaban J connectivity index is 2.37. The standard InChI is InChI=1S/C19H19N/c1-5-7-13(2)15-10-11-18-17(12-15)16-9-6-8-14(3)19(16)20(18)4/h5-12H,2H2,1,3-4H3. The summed E-state index contributed by atoms with van der Waals surface area (Å²) in [5.74, 6) is 0. The summed E-state index contributed by atoms with van der Waals surface area (Å²) in [5, 5.41) is 2.62. The highest BCUT2D eigenvalue weighted by atomic mass is 14.9. The topological polar surface area (TPSA) is 4.93 Å². The van der Waals surface area contributed by atoms with Crippen LogP contribution >= 0.6 is 0 Å². The van der Waals surface area contributed by atoms with Crippen molar-refractivity contribution in [3.63, 3.8) is 0 Å². The molecule has 0 saturated heterocycles. The minimum Gasteiger partial charge on any atom is -0.343 e. The summed E-state index contributed by atoms with van der Waals surface area (Å²) in [6.45, 7) is 8.32. The first kappa shape index (κ1) is 12.7. The van der Waals surface area contributed by atoms with E-state index in [1.54, 1.807) is 0 Å². The molecule has 100 valence electrons. The van der Waals surface area contributed by atoms with Gasteiger partial charge < -0.3 is 4.57 Å². The SMILES string of the molecule is C=C(C=CC)c1ccc2c(c1)c1cccc(C)c1n2C. The first-order valence-corrected chi connectivity index (χ1v) is 6.93. The molecule has 3 rings (SSSR count). The van der Waals surface area contributed by atoms with E-state index in [0.29, 0.717) is 0 Å². The smallest absolute Gasteiger partial charge is 0.0518 e. The molecular formula is C19H19N. The van der Waals surface area contributed by atoms with Gasteiger partial charge in [0, 0.05) is 23.3 Å². The zero-order valence-electron chi connectivity index (χ0n) is 12.3. The number of fused-ring (bicyclic) bond motifs is 3.